The number of hydrogen-bond acceptors (Lipinski definition) is 3. The number of carbonyl (C=O) groups excluding carboxylic acids is 2. The van der Waals surface area contributed by atoms with Gasteiger partial charge >= 0.3 is 0 Å². The molecule has 4 rings (SSSR count). The summed E-state index contributed by atoms with van der Waals surface area (Å²) in [5.41, 5.74) is 2.09. The van der Waals surface area contributed by atoms with E-state index in [4.69, 9.17) is 11.6 Å². The highest BCUT2D eigenvalue weighted by atomic mass is 35.5. The van der Waals surface area contributed by atoms with Crippen molar-refractivity contribution in [3.8, 4) is 0 Å². The maximum absolute atomic E-state index is 12.6. The first-order valence-electron chi connectivity index (χ1n) is 10.1. The number of benzene rings is 3. The lowest BCUT2D eigenvalue weighted by Crippen LogP contribution is -2.56. The summed E-state index contributed by atoms with van der Waals surface area (Å²) in [6.07, 6.45) is 0.122. The molecule has 2 amide bonds. The zero-order valence-electron chi connectivity index (χ0n) is 16.6. The Morgan fingerprint density at radius 1 is 1.10 bits per heavy atom. The molecule has 154 valence electrons. The molecule has 0 spiro atoms. The predicted octanol–water partition coefficient (Wildman–Crippen LogP) is 3.50. The summed E-state index contributed by atoms with van der Waals surface area (Å²) in [4.78, 5) is 27.2. The van der Waals surface area contributed by atoms with Gasteiger partial charge in [-0.2, -0.15) is 0 Å². The monoisotopic (exact) mass is 421 g/mol. The lowest BCUT2D eigenvalue weighted by atomic mass is 10.0. The third-order valence-electron chi connectivity index (χ3n) is 5.45. The highest BCUT2D eigenvalue weighted by molar-refractivity contribution is 6.30. The zero-order chi connectivity index (χ0) is 20.9. The van der Waals surface area contributed by atoms with Crippen LogP contribution in [0.1, 0.15) is 17.5 Å². The van der Waals surface area contributed by atoms with Gasteiger partial charge in [0.1, 0.15) is 0 Å². The molecular formula is C24H24ClN3O2. The summed E-state index contributed by atoms with van der Waals surface area (Å²) >= 11 is 6.00. The van der Waals surface area contributed by atoms with Crippen LogP contribution in [0.3, 0.4) is 0 Å². The van der Waals surface area contributed by atoms with Crippen molar-refractivity contribution in [2.24, 2.45) is 0 Å². The maximum atomic E-state index is 12.6. The highest BCUT2D eigenvalue weighted by Gasteiger charge is 2.31. The van der Waals surface area contributed by atoms with Crippen molar-refractivity contribution < 1.29 is 9.59 Å². The van der Waals surface area contributed by atoms with Crippen LogP contribution in [0.2, 0.25) is 5.02 Å². The van der Waals surface area contributed by atoms with E-state index in [0.717, 1.165) is 11.1 Å². The predicted molar refractivity (Wildman–Crippen MR) is 119 cm³/mol. The molecule has 1 aliphatic heterocycles. The van der Waals surface area contributed by atoms with Crippen molar-refractivity contribution in [2.45, 2.75) is 25.6 Å². The third kappa shape index (κ3) is 4.81. The molecule has 1 saturated heterocycles. The first kappa shape index (κ1) is 20.4. The SMILES string of the molecule is O=C(CC1C(=O)NCCN1Cc1cccc2ccccc12)NCc1cccc(Cl)c1. The van der Waals surface area contributed by atoms with E-state index >= 15 is 0 Å². The largest absolute Gasteiger partial charge is 0.353 e. The molecule has 30 heavy (non-hydrogen) atoms. The molecule has 0 aromatic heterocycles. The Morgan fingerprint density at radius 3 is 2.77 bits per heavy atom. The lowest BCUT2D eigenvalue weighted by molar-refractivity contribution is -0.134. The lowest BCUT2D eigenvalue weighted by Gasteiger charge is -2.35. The van der Waals surface area contributed by atoms with E-state index in [9.17, 15) is 9.59 Å². The van der Waals surface area contributed by atoms with Crippen molar-refractivity contribution in [3.63, 3.8) is 0 Å². The van der Waals surface area contributed by atoms with Crippen LogP contribution in [-0.4, -0.2) is 35.8 Å². The average Bonchev–Trinajstić information content (AvgIpc) is 2.75. The molecule has 6 heteroatoms. The second-order valence-corrected chi connectivity index (χ2v) is 7.96. The number of hydrogen-bond donors (Lipinski definition) is 2. The Morgan fingerprint density at radius 2 is 1.90 bits per heavy atom. The van der Waals surface area contributed by atoms with Crippen LogP contribution in [-0.2, 0) is 22.7 Å². The smallest absolute Gasteiger partial charge is 0.237 e. The van der Waals surface area contributed by atoms with Crippen molar-refractivity contribution in [3.05, 3.63) is 82.9 Å². The molecule has 1 unspecified atom stereocenters. The van der Waals surface area contributed by atoms with Gasteiger partial charge in [-0.1, -0.05) is 66.2 Å². The van der Waals surface area contributed by atoms with Gasteiger partial charge < -0.3 is 10.6 Å². The minimum Gasteiger partial charge on any atom is -0.353 e. The third-order valence-corrected chi connectivity index (χ3v) is 5.69. The first-order valence-corrected chi connectivity index (χ1v) is 10.5. The van der Waals surface area contributed by atoms with Gasteiger partial charge in [-0.15, -0.1) is 0 Å². The number of piperazine rings is 1. The number of halogens is 1. The molecule has 0 radical (unpaired) electrons. The summed E-state index contributed by atoms with van der Waals surface area (Å²) in [6, 6.07) is 21.3. The summed E-state index contributed by atoms with van der Waals surface area (Å²) < 4.78 is 0. The summed E-state index contributed by atoms with van der Waals surface area (Å²) in [5.74, 6) is -0.251. The van der Waals surface area contributed by atoms with Crippen LogP contribution in [0.25, 0.3) is 10.8 Å². The van der Waals surface area contributed by atoms with Crippen LogP contribution in [0.4, 0.5) is 0 Å². The molecule has 3 aromatic carbocycles. The number of rotatable bonds is 6. The van der Waals surface area contributed by atoms with Crippen molar-refractivity contribution in [2.75, 3.05) is 13.1 Å². The van der Waals surface area contributed by atoms with Gasteiger partial charge in [0.2, 0.25) is 11.8 Å². The molecule has 1 heterocycles. The molecule has 3 aromatic rings. The number of nitrogens with zero attached hydrogens (tertiary/aromatic N) is 1. The van der Waals surface area contributed by atoms with Crippen LogP contribution in [0.15, 0.2) is 66.7 Å². The van der Waals surface area contributed by atoms with Gasteiger partial charge in [-0.05, 0) is 34.0 Å². The van der Waals surface area contributed by atoms with E-state index in [1.165, 1.54) is 10.8 Å². The fourth-order valence-electron chi connectivity index (χ4n) is 3.92. The van der Waals surface area contributed by atoms with Gasteiger partial charge in [-0.25, -0.2) is 0 Å². The minimum atomic E-state index is -0.489. The Balaban J connectivity index is 1.45. The van der Waals surface area contributed by atoms with E-state index in [2.05, 4.69) is 39.8 Å². The molecule has 1 fully saturated rings. The molecule has 2 N–H and O–H groups in total. The summed E-state index contributed by atoms with van der Waals surface area (Å²) in [7, 11) is 0. The number of carbonyl (C=O) groups is 2. The molecule has 1 aliphatic rings. The maximum Gasteiger partial charge on any atom is 0.237 e. The van der Waals surface area contributed by atoms with Crippen molar-refractivity contribution in [1.82, 2.24) is 15.5 Å². The van der Waals surface area contributed by atoms with E-state index in [0.29, 0.717) is 31.2 Å². The van der Waals surface area contributed by atoms with Crippen molar-refractivity contribution >= 4 is 34.2 Å². The van der Waals surface area contributed by atoms with Crippen molar-refractivity contribution in [1.29, 1.82) is 0 Å². The standard InChI is InChI=1S/C24H24ClN3O2/c25-20-9-3-5-17(13-20)15-27-23(29)14-22-24(30)26-11-12-28(22)16-19-8-4-7-18-6-1-2-10-21(18)19/h1-10,13,22H,11-12,14-16H2,(H,26,30)(H,27,29). The quantitative estimate of drug-likeness (QED) is 0.640. The normalized spacial score (nSPS) is 17.0. The highest BCUT2D eigenvalue weighted by Crippen LogP contribution is 2.22. The van der Waals surface area contributed by atoms with E-state index in [1.54, 1.807) is 6.07 Å². The second kappa shape index (κ2) is 9.28. The Kier molecular flexibility index (Phi) is 6.31. The van der Waals surface area contributed by atoms with E-state index in [1.807, 2.05) is 36.4 Å². The van der Waals surface area contributed by atoms with Crippen LogP contribution in [0.5, 0.6) is 0 Å². The number of nitrogens with one attached hydrogen (secondary N) is 2. The molecule has 0 aliphatic carbocycles. The number of amides is 2. The topological polar surface area (TPSA) is 61.4 Å². The second-order valence-electron chi connectivity index (χ2n) is 7.53. The summed E-state index contributed by atoms with van der Waals surface area (Å²) in [6.45, 7) is 2.31. The summed E-state index contributed by atoms with van der Waals surface area (Å²) in [5, 5.41) is 8.78. The minimum absolute atomic E-state index is 0.0978. The van der Waals surface area contributed by atoms with Crippen LogP contribution < -0.4 is 10.6 Å². The van der Waals surface area contributed by atoms with E-state index in [-0.39, 0.29) is 18.2 Å². The van der Waals surface area contributed by atoms with Gasteiger partial charge in [-0.3, -0.25) is 14.5 Å². The van der Waals surface area contributed by atoms with Gasteiger partial charge in [0.25, 0.3) is 0 Å². The van der Waals surface area contributed by atoms with Gasteiger partial charge in [0.05, 0.1) is 12.5 Å². The molecule has 1 atom stereocenters. The Labute approximate surface area is 181 Å². The molecular weight excluding hydrogens is 398 g/mol. The Hall–Kier alpha value is -2.89. The van der Waals surface area contributed by atoms with Gasteiger partial charge in [0, 0.05) is 31.2 Å². The van der Waals surface area contributed by atoms with Gasteiger partial charge in [0.15, 0.2) is 0 Å². The molecule has 0 bridgehead atoms. The van der Waals surface area contributed by atoms with Crippen LogP contribution >= 0.6 is 11.6 Å². The fraction of sp³-hybridized carbons (Fsp3) is 0.250. The average molecular weight is 422 g/mol. The fourth-order valence-corrected chi connectivity index (χ4v) is 4.13. The number of fused-ring (bicyclic) bond motifs is 1. The Bertz CT molecular complexity index is 1060. The first-order chi connectivity index (χ1) is 14.6. The van der Waals surface area contributed by atoms with Crippen LogP contribution in [0, 0.1) is 0 Å². The molecule has 5 nitrogen and oxygen atoms in total. The van der Waals surface area contributed by atoms with E-state index < -0.39 is 6.04 Å². The molecule has 0 saturated carbocycles. The zero-order valence-corrected chi connectivity index (χ0v) is 17.4.